The molecule has 2 aromatic carbocycles. The highest BCUT2D eigenvalue weighted by Crippen LogP contribution is 2.30. The van der Waals surface area contributed by atoms with Crippen LogP contribution in [0.4, 0.5) is 16.2 Å². The maximum Gasteiger partial charge on any atom is 0.321 e. The van der Waals surface area contributed by atoms with Crippen molar-refractivity contribution in [1.29, 1.82) is 0 Å². The number of nitrogens with one attached hydrogen (secondary N) is 3. The van der Waals surface area contributed by atoms with E-state index >= 15 is 0 Å². The molecule has 1 aliphatic rings. The average molecular weight is 440 g/mol. The minimum Gasteiger partial charge on any atom is -0.493 e. The van der Waals surface area contributed by atoms with Gasteiger partial charge in [-0.3, -0.25) is 0 Å². The molecular formula is C24H33N5O3. The molecule has 0 radical (unpaired) electrons. The van der Waals surface area contributed by atoms with Crippen molar-refractivity contribution in [3.05, 3.63) is 48.0 Å². The van der Waals surface area contributed by atoms with Gasteiger partial charge < -0.3 is 30.3 Å². The number of urea groups is 1. The third-order valence-electron chi connectivity index (χ3n) is 5.06. The first-order chi connectivity index (χ1) is 15.6. The van der Waals surface area contributed by atoms with Crippen molar-refractivity contribution in [2.45, 2.75) is 33.2 Å². The summed E-state index contributed by atoms with van der Waals surface area (Å²) in [6, 6.07) is 13.4. The van der Waals surface area contributed by atoms with Crippen molar-refractivity contribution in [3.8, 4) is 11.5 Å². The number of hydrogen-bond donors (Lipinski definition) is 3. The van der Waals surface area contributed by atoms with E-state index in [-0.39, 0.29) is 6.03 Å². The molecule has 8 nitrogen and oxygen atoms in total. The van der Waals surface area contributed by atoms with Crippen LogP contribution in [0, 0.1) is 0 Å². The fraction of sp³-hybridized carbons (Fsp3) is 0.417. The van der Waals surface area contributed by atoms with Crippen molar-refractivity contribution in [3.63, 3.8) is 0 Å². The molecule has 2 aromatic rings. The number of benzene rings is 2. The fourth-order valence-electron chi connectivity index (χ4n) is 3.50. The quantitative estimate of drug-likeness (QED) is 0.422. The summed E-state index contributed by atoms with van der Waals surface area (Å²) in [7, 11) is 1.62. The summed E-state index contributed by atoms with van der Waals surface area (Å²) in [4.78, 5) is 18.9. The Morgan fingerprint density at radius 3 is 2.53 bits per heavy atom. The standard InChI is InChI=1S/C24H33N5O3/c1-4-25-23(27-20-11-12-21(32-5-2)22(16-20)31-3)26-17-18-9-8-10-19(15-18)28-24(30)29-13-6-7-14-29/h8-12,15-16H,4-7,13-14,17H2,1-3H3,(H,28,30)(H2,25,26,27). The lowest BCUT2D eigenvalue weighted by molar-refractivity contribution is 0.222. The van der Waals surface area contributed by atoms with Crippen molar-refractivity contribution >= 4 is 23.4 Å². The van der Waals surface area contributed by atoms with Crippen LogP contribution in [0.2, 0.25) is 0 Å². The number of aliphatic imine (C=N–C) groups is 1. The van der Waals surface area contributed by atoms with E-state index < -0.39 is 0 Å². The summed E-state index contributed by atoms with van der Waals surface area (Å²) in [6.45, 7) is 7.38. The number of carbonyl (C=O) groups excluding carboxylic acids is 1. The second-order valence-corrected chi connectivity index (χ2v) is 7.44. The number of rotatable bonds is 8. The summed E-state index contributed by atoms with van der Waals surface area (Å²) in [5.74, 6) is 2.02. The topological polar surface area (TPSA) is 87.2 Å². The van der Waals surface area contributed by atoms with Crippen molar-refractivity contribution in [1.82, 2.24) is 10.2 Å². The molecule has 1 heterocycles. The van der Waals surface area contributed by atoms with E-state index in [9.17, 15) is 4.79 Å². The van der Waals surface area contributed by atoms with Crippen molar-refractivity contribution in [2.24, 2.45) is 4.99 Å². The highest BCUT2D eigenvalue weighted by Gasteiger charge is 2.17. The van der Waals surface area contributed by atoms with Crippen molar-refractivity contribution in [2.75, 3.05) is 44.0 Å². The molecule has 0 bridgehead atoms. The number of guanidine groups is 1. The van der Waals surface area contributed by atoms with Crippen LogP contribution in [-0.2, 0) is 6.54 Å². The fourth-order valence-corrected chi connectivity index (χ4v) is 3.50. The number of anilines is 2. The highest BCUT2D eigenvalue weighted by atomic mass is 16.5. The molecule has 0 aromatic heterocycles. The van der Waals surface area contributed by atoms with E-state index in [4.69, 9.17) is 14.5 Å². The number of ether oxygens (including phenoxy) is 2. The van der Waals surface area contributed by atoms with Gasteiger partial charge in [-0.2, -0.15) is 0 Å². The van der Waals surface area contributed by atoms with Gasteiger partial charge in [0.2, 0.25) is 0 Å². The second-order valence-electron chi connectivity index (χ2n) is 7.44. The number of methoxy groups -OCH3 is 1. The minimum atomic E-state index is -0.0393. The van der Waals surface area contributed by atoms with Gasteiger partial charge in [-0.15, -0.1) is 0 Å². The number of hydrogen-bond acceptors (Lipinski definition) is 4. The predicted octanol–water partition coefficient (Wildman–Crippen LogP) is 4.30. The SMILES string of the molecule is CCNC(=NCc1cccc(NC(=O)N2CCCC2)c1)Nc1ccc(OCC)c(OC)c1. The van der Waals surface area contributed by atoms with E-state index in [0.717, 1.165) is 49.4 Å². The van der Waals surface area contributed by atoms with Crippen LogP contribution in [0.3, 0.4) is 0 Å². The molecule has 0 aliphatic carbocycles. The van der Waals surface area contributed by atoms with Crippen LogP contribution < -0.4 is 25.4 Å². The van der Waals surface area contributed by atoms with Crippen LogP contribution >= 0.6 is 0 Å². The number of nitrogens with zero attached hydrogens (tertiary/aromatic N) is 2. The first-order valence-corrected chi connectivity index (χ1v) is 11.1. The molecular weight excluding hydrogens is 406 g/mol. The summed E-state index contributed by atoms with van der Waals surface area (Å²) < 4.78 is 11.0. The lowest BCUT2D eigenvalue weighted by atomic mass is 10.2. The van der Waals surface area contributed by atoms with E-state index in [0.29, 0.717) is 30.6 Å². The molecule has 32 heavy (non-hydrogen) atoms. The van der Waals surface area contributed by atoms with E-state index in [1.54, 1.807) is 7.11 Å². The molecule has 1 saturated heterocycles. The van der Waals surface area contributed by atoms with Crippen LogP contribution in [0.25, 0.3) is 0 Å². The maximum absolute atomic E-state index is 12.3. The van der Waals surface area contributed by atoms with Gasteiger partial charge >= 0.3 is 6.03 Å². The Bertz CT molecular complexity index is 926. The molecule has 2 amide bonds. The largest absolute Gasteiger partial charge is 0.493 e. The summed E-state index contributed by atoms with van der Waals surface area (Å²) in [6.07, 6.45) is 2.14. The summed E-state index contributed by atoms with van der Waals surface area (Å²) in [5, 5.41) is 9.54. The Kier molecular flexibility index (Phi) is 8.60. The van der Waals surface area contributed by atoms with Crippen LogP contribution in [0.5, 0.6) is 11.5 Å². The molecule has 8 heteroatoms. The molecule has 3 N–H and O–H groups in total. The monoisotopic (exact) mass is 439 g/mol. The Morgan fingerprint density at radius 2 is 1.81 bits per heavy atom. The number of amides is 2. The predicted molar refractivity (Wildman–Crippen MR) is 129 cm³/mol. The van der Waals surface area contributed by atoms with Gasteiger partial charge in [0, 0.05) is 37.1 Å². The Balaban J connectivity index is 1.66. The lowest BCUT2D eigenvalue weighted by Gasteiger charge is -2.16. The maximum atomic E-state index is 12.3. The minimum absolute atomic E-state index is 0.0393. The lowest BCUT2D eigenvalue weighted by Crippen LogP contribution is -2.32. The van der Waals surface area contributed by atoms with Crippen LogP contribution in [0.15, 0.2) is 47.5 Å². The zero-order chi connectivity index (χ0) is 22.8. The van der Waals surface area contributed by atoms with Gasteiger partial charge in [0.1, 0.15) is 0 Å². The Hall–Kier alpha value is -3.42. The third kappa shape index (κ3) is 6.54. The smallest absolute Gasteiger partial charge is 0.321 e. The van der Waals surface area contributed by atoms with Crippen molar-refractivity contribution < 1.29 is 14.3 Å². The Labute approximate surface area is 190 Å². The van der Waals surface area contributed by atoms with Gasteiger partial charge in [0.15, 0.2) is 17.5 Å². The summed E-state index contributed by atoms with van der Waals surface area (Å²) >= 11 is 0. The van der Waals surface area contributed by atoms with Gasteiger partial charge in [-0.1, -0.05) is 12.1 Å². The van der Waals surface area contributed by atoms with Gasteiger partial charge in [-0.05, 0) is 56.5 Å². The van der Waals surface area contributed by atoms with Crippen LogP contribution in [-0.4, -0.2) is 50.2 Å². The number of likely N-dealkylation sites (tertiary alicyclic amines) is 1. The normalized spacial score (nSPS) is 13.6. The number of carbonyl (C=O) groups is 1. The molecule has 0 saturated carbocycles. The molecule has 1 aliphatic heterocycles. The Morgan fingerprint density at radius 1 is 1.03 bits per heavy atom. The second kappa shape index (κ2) is 11.8. The van der Waals surface area contributed by atoms with Gasteiger partial charge in [0.25, 0.3) is 0 Å². The van der Waals surface area contributed by atoms with E-state index in [1.165, 1.54) is 0 Å². The molecule has 0 unspecified atom stereocenters. The molecule has 0 atom stereocenters. The molecule has 3 rings (SSSR count). The third-order valence-corrected chi connectivity index (χ3v) is 5.06. The first kappa shape index (κ1) is 23.2. The zero-order valence-electron chi connectivity index (χ0n) is 19.1. The van der Waals surface area contributed by atoms with E-state index in [1.807, 2.05) is 61.2 Å². The summed E-state index contributed by atoms with van der Waals surface area (Å²) in [5.41, 5.74) is 2.63. The zero-order valence-corrected chi connectivity index (χ0v) is 19.1. The van der Waals surface area contributed by atoms with E-state index in [2.05, 4.69) is 16.0 Å². The average Bonchev–Trinajstić information content (AvgIpc) is 3.34. The van der Waals surface area contributed by atoms with Gasteiger partial charge in [0.05, 0.1) is 20.3 Å². The van der Waals surface area contributed by atoms with Crippen LogP contribution in [0.1, 0.15) is 32.3 Å². The van der Waals surface area contributed by atoms with Gasteiger partial charge in [-0.25, -0.2) is 9.79 Å². The highest BCUT2D eigenvalue weighted by molar-refractivity contribution is 5.94. The molecule has 1 fully saturated rings. The molecule has 172 valence electrons. The molecule has 0 spiro atoms. The first-order valence-electron chi connectivity index (χ1n) is 11.1.